The molecule has 0 bridgehead atoms. The molecule has 1 atom stereocenters. The summed E-state index contributed by atoms with van der Waals surface area (Å²) in [5, 5.41) is 8.25. The van der Waals surface area contributed by atoms with Gasteiger partial charge >= 0.3 is 0 Å². The summed E-state index contributed by atoms with van der Waals surface area (Å²) >= 11 is 0. The number of aryl methyl sites for hydroxylation is 2. The average molecular weight is 263 g/mol. The zero-order valence-corrected chi connectivity index (χ0v) is 13.0. The predicted molar refractivity (Wildman–Crippen MR) is 80.4 cm³/mol. The zero-order valence-electron chi connectivity index (χ0n) is 13.0. The molecule has 1 aliphatic carbocycles. The second kappa shape index (κ2) is 6.08. The van der Waals surface area contributed by atoms with Crippen LogP contribution in [0.15, 0.2) is 6.07 Å². The third kappa shape index (κ3) is 3.38. The van der Waals surface area contributed by atoms with Gasteiger partial charge in [-0.25, -0.2) is 0 Å². The van der Waals surface area contributed by atoms with Crippen molar-refractivity contribution >= 4 is 0 Å². The summed E-state index contributed by atoms with van der Waals surface area (Å²) in [4.78, 5) is 0. The van der Waals surface area contributed by atoms with E-state index in [1.807, 2.05) is 0 Å². The van der Waals surface area contributed by atoms with E-state index in [0.29, 0.717) is 5.41 Å². The SMILES string of the molecule is CCNCC(C)(Cc1cc(CC)nn1CC)C1CC1. The molecule has 1 aromatic heterocycles. The average Bonchev–Trinajstić information content (AvgIpc) is 3.20. The minimum absolute atomic E-state index is 0.397. The molecular weight excluding hydrogens is 234 g/mol. The molecule has 0 aromatic carbocycles. The predicted octanol–water partition coefficient (Wildman–Crippen LogP) is 3.03. The van der Waals surface area contributed by atoms with Crippen LogP contribution >= 0.6 is 0 Å². The number of hydrogen-bond acceptors (Lipinski definition) is 2. The third-order valence-corrected chi connectivity index (χ3v) is 4.50. The lowest BCUT2D eigenvalue weighted by Gasteiger charge is -2.30. The van der Waals surface area contributed by atoms with Gasteiger partial charge in [-0.1, -0.05) is 20.8 Å². The van der Waals surface area contributed by atoms with Crippen molar-refractivity contribution in [2.75, 3.05) is 13.1 Å². The highest BCUT2D eigenvalue weighted by atomic mass is 15.3. The Labute approximate surface area is 117 Å². The summed E-state index contributed by atoms with van der Waals surface area (Å²) in [5.74, 6) is 0.900. The summed E-state index contributed by atoms with van der Waals surface area (Å²) in [5.41, 5.74) is 3.05. The summed E-state index contributed by atoms with van der Waals surface area (Å²) in [6.45, 7) is 12.2. The van der Waals surface area contributed by atoms with Crippen molar-refractivity contribution in [1.82, 2.24) is 15.1 Å². The maximum absolute atomic E-state index is 4.69. The van der Waals surface area contributed by atoms with E-state index in [1.165, 1.54) is 24.2 Å². The van der Waals surface area contributed by atoms with Gasteiger partial charge in [0.15, 0.2) is 0 Å². The van der Waals surface area contributed by atoms with Crippen LogP contribution in [-0.4, -0.2) is 22.9 Å². The van der Waals surface area contributed by atoms with E-state index in [2.05, 4.69) is 48.9 Å². The number of aromatic nitrogens is 2. The highest BCUT2D eigenvalue weighted by molar-refractivity contribution is 5.14. The molecule has 1 saturated carbocycles. The Morgan fingerprint density at radius 3 is 2.63 bits per heavy atom. The molecule has 1 unspecified atom stereocenters. The van der Waals surface area contributed by atoms with Gasteiger partial charge in [0.25, 0.3) is 0 Å². The first-order valence-electron chi connectivity index (χ1n) is 7.89. The van der Waals surface area contributed by atoms with E-state index in [-0.39, 0.29) is 0 Å². The standard InChI is InChI=1S/C16H29N3/c1-5-14-10-15(19(7-3)18-14)11-16(4,12-17-6-2)13-8-9-13/h10,13,17H,5-9,11-12H2,1-4H3. The van der Waals surface area contributed by atoms with Gasteiger partial charge in [0.05, 0.1) is 5.69 Å². The Hall–Kier alpha value is -0.830. The van der Waals surface area contributed by atoms with Gasteiger partial charge in [0.2, 0.25) is 0 Å². The van der Waals surface area contributed by atoms with Gasteiger partial charge in [-0.05, 0) is 56.6 Å². The summed E-state index contributed by atoms with van der Waals surface area (Å²) in [6, 6.07) is 2.32. The topological polar surface area (TPSA) is 29.9 Å². The highest BCUT2D eigenvalue weighted by Crippen LogP contribution is 2.47. The lowest BCUT2D eigenvalue weighted by Crippen LogP contribution is -2.36. The van der Waals surface area contributed by atoms with Crippen LogP contribution in [0.25, 0.3) is 0 Å². The number of nitrogens with one attached hydrogen (secondary N) is 1. The Kier molecular flexibility index (Phi) is 4.67. The Morgan fingerprint density at radius 1 is 1.37 bits per heavy atom. The van der Waals surface area contributed by atoms with E-state index >= 15 is 0 Å². The Morgan fingerprint density at radius 2 is 2.11 bits per heavy atom. The molecule has 0 saturated heterocycles. The first-order valence-corrected chi connectivity index (χ1v) is 7.89. The maximum Gasteiger partial charge on any atom is 0.0624 e. The molecule has 19 heavy (non-hydrogen) atoms. The largest absolute Gasteiger partial charge is 0.316 e. The summed E-state index contributed by atoms with van der Waals surface area (Å²) in [7, 11) is 0. The van der Waals surface area contributed by atoms with Crippen molar-refractivity contribution in [2.45, 2.75) is 59.9 Å². The molecule has 0 spiro atoms. The van der Waals surface area contributed by atoms with Gasteiger partial charge in [0.1, 0.15) is 0 Å². The Balaban J connectivity index is 2.13. The molecule has 3 nitrogen and oxygen atoms in total. The van der Waals surface area contributed by atoms with Crippen molar-refractivity contribution in [3.05, 3.63) is 17.5 Å². The van der Waals surface area contributed by atoms with E-state index in [9.17, 15) is 0 Å². The van der Waals surface area contributed by atoms with Gasteiger partial charge in [-0.2, -0.15) is 5.10 Å². The van der Waals surface area contributed by atoms with E-state index in [1.54, 1.807) is 0 Å². The van der Waals surface area contributed by atoms with Crippen molar-refractivity contribution in [3.8, 4) is 0 Å². The normalized spacial score (nSPS) is 18.5. The fourth-order valence-electron chi connectivity index (χ4n) is 3.06. The molecule has 3 heteroatoms. The monoisotopic (exact) mass is 263 g/mol. The molecule has 108 valence electrons. The summed E-state index contributed by atoms with van der Waals surface area (Å²) < 4.78 is 2.20. The van der Waals surface area contributed by atoms with Crippen LogP contribution in [0, 0.1) is 11.3 Å². The van der Waals surface area contributed by atoms with Gasteiger partial charge in [-0.15, -0.1) is 0 Å². The molecule has 1 fully saturated rings. The van der Waals surface area contributed by atoms with Crippen molar-refractivity contribution < 1.29 is 0 Å². The van der Waals surface area contributed by atoms with Crippen LogP contribution < -0.4 is 5.32 Å². The second-order valence-electron chi connectivity index (χ2n) is 6.18. The number of nitrogens with zero attached hydrogens (tertiary/aromatic N) is 2. The van der Waals surface area contributed by atoms with E-state index in [4.69, 9.17) is 0 Å². The minimum Gasteiger partial charge on any atom is -0.316 e. The molecule has 0 aliphatic heterocycles. The van der Waals surface area contributed by atoms with Crippen molar-refractivity contribution in [1.29, 1.82) is 0 Å². The molecule has 1 aliphatic rings. The zero-order chi connectivity index (χ0) is 13.9. The first-order chi connectivity index (χ1) is 9.12. The molecule has 0 amide bonds. The van der Waals surface area contributed by atoms with Crippen molar-refractivity contribution in [2.24, 2.45) is 11.3 Å². The van der Waals surface area contributed by atoms with Gasteiger partial charge in [-0.3, -0.25) is 4.68 Å². The quantitative estimate of drug-likeness (QED) is 0.781. The van der Waals surface area contributed by atoms with Crippen LogP contribution in [0.5, 0.6) is 0 Å². The van der Waals surface area contributed by atoms with Crippen LogP contribution in [0.1, 0.15) is 51.9 Å². The fourth-order valence-corrected chi connectivity index (χ4v) is 3.06. The lowest BCUT2D eigenvalue weighted by atomic mass is 9.80. The van der Waals surface area contributed by atoms with Gasteiger partial charge < -0.3 is 5.32 Å². The second-order valence-corrected chi connectivity index (χ2v) is 6.18. The Bertz CT molecular complexity index is 406. The molecule has 0 radical (unpaired) electrons. The molecule has 1 heterocycles. The highest BCUT2D eigenvalue weighted by Gasteiger charge is 2.41. The summed E-state index contributed by atoms with van der Waals surface area (Å²) in [6.07, 6.45) is 5.00. The van der Waals surface area contributed by atoms with Crippen molar-refractivity contribution in [3.63, 3.8) is 0 Å². The van der Waals surface area contributed by atoms with Crippen LogP contribution in [0.4, 0.5) is 0 Å². The van der Waals surface area contributed by atoms with E-state index < -0.39 is 0 Å². The third-order valence-electron chi connectivity index (χ3n) is 4.50. The number of rotatable bonds is 8. The maximum atomic E-state index is 4.69. The molecule has 1 aromatic rings. The first kappa shape index (κ1) is 14.6. The van der Waals surface area contributed by atoms with Gasteiger partial charge in [0, 0.05) is 18.8 Å². The van der Waals surface area contributed by atoms with Crippen LogP contribution in [0.3, 0.4) is 0 Å². The molecular formula is C16H29N3. The minimum atomic E-state index is 0.397. The van der Waals surface area contributed by atoms with Crippen LogP contribution in [-0.2, 0) is 19.4 Å². The van der Waals surface area contributed by atoms with Crippen LogP contribution in [0.2, 0.25) is 0 Å². The smallest absolute Gasteiger partial charge is 0.0624 e. The fraction of sp³-hybridized carbons (Fsp3) is 0.812. The molecule has 2 rings (SSSR count). The van der Waals surface area contributed by atoms with E-state index in [0.717, 1.165) is 38.4 Å². The number of hydrogen-bond donors (Lipinski definition) is 1. The lowest BCUT2D eigenvalue weighted by molar-refractivity contribution is 0.251. The molecule has 1 N–H and O–H groups in total.